The predicted molar refractivity (Wildman–Crippen MR) is 85.9 cm³/mol. The summed E-state index contributed by atoms with van der Waals surface area (Å²) in [4.78, 5) is 12.5. The van der Waals surface area contributed by atoms with E-state index < -0.39 is 0 Å². The molecule has 0 aromatic heterocycles. The Morgan fingerprint density at radius 1 is 1.29 bits per heavy atom. The maximum absolute atomic E-state index is 12.5. The van der Waals surface area contributed by atoms with Gasteiger partial charge in [-0.2, -0.15) is 0 Å². The second kappa shape index (κ2) is 5.20. The monoisotopic (exact) mass is 284 g/mol. The first-order valence-corrected chi connectivity index (χ1v) is 7.33. The van der Waals surface area contributed by atoms with Crippen molar-refractivity contribution in [2.75, 3.05) is 6.54 Å². The lowest BCUT2D eigenvalue weighted by Crippen LogP contribution is -2.30. The van der Waals surface area contributed by atoms with E-state index >= 15 is 0 Å². The van der Waals surface area contributed by atoms with Crippen LogP contribution < -0.4 is 11.1 Å². The van der Waals surface area contributed by atoms with Crippen LogP contribution in [0.4, 0.5) is 0 Å². The van der Waals surface area contributed by atoms with E-state index in [1.807, 2.05) is 25.1 Å². The van der Waals surface area contributed by atoms with Crippen molar-refractivity contribution in [2.45, 2.75) is 40.7 Å². The van der Waals surface area contributed by atoms with Crippen molar-refractivity contribution in [3.8, 4) is 11.8 Å². The number of nitrogens with one attached hydrogen (secondary N) is 1. The predicted octanol–water partition coefficient (Wildman–Crippen LogP) is 2.47. The molecule has 3 N–H and O–H groups in total. The highest BCUT2D eigenvalue weighted by Crippen LogP contribution is 2.62. The Labute approximate surface area is 127 Å². The molecule has 1 aliphatic carbocycles. The van der Waals surface area contributed by atoms with Gasteiger partial charge in [0.15, 0.2) is 0 Å². The fourth-order valence-electron chi connectivity index (χ4n) is 2.93. The van der Waals surface area contributed by atoms with E-state index in [-0.39, 0.29) is 22.8 Å². The zero-order chi connectivity index (χ0) is 15.8. The molecule has 1 saturated carbocycles. The van der Waals surface area contributed by atoms with Gasteiger partial charge in [-0.05, 0) is 35.4 Å². The molecule has 3 heteroatoms. The summed E-state index contributed by atoms with van der Waals surface area (Å²) in [6, 6.07) is 5.84. The summed E-state index contributed by atoms with van der Waals surface area (Å²) in [5.41, 5.74) is 8.13. The molecule has 0 heterocycles. The summed E-state index contributed by atoms with van der Waals surface area (Å²) in [6.45, 7) is 11.0. The van der Waals surface area contributed by atoms with Crippen LogP contribution in [-0.4, -0.2) is 18.5 Å². The lowest BCUT2D eigenvalue weighted by molar-refractivity contribution is 0.0943. The van der Waals surface area contributed by atoms with E-state index in [9.17, 15) is 4.79 Å². The van der Waals surface area contributed by atoms with Gasteiger partial charge in [0.2, 0.25) is 0 Å². The first kappa shape index (κ1) is 15.6. The van der Waals surface area contributed by atoms with Crippen molar-refractivity contribution in [3.63, 3.8) is 0 Å². The van der Waals surface area contributed by atoms with E-state index in [1.165, 1.54) is 0 Å². The number of rotatable bonds is 2. The first-order chi connectivity index (χ1) is 9.73. The molecule has 1 aliphatic rings. The highest BCUT2D eigenvalue weighted by atomic mass is 16.1. The molecular formula is C18H24N2O. The largest absolute Gasteiger partial charge is 0.348 e. The number of nitrogens with two attached hydrogens (primary N) is 1. The summed E-state index contributed by atoms with van der Waals surface area (Å²) in [6.07, 6.45) is 0. The van der Waals surface area contributed by atoms with E-state index in [2.05, 4.69) is 44.9 Å². The van der Waals surface area contributed by atoms with Gasteiger partial charge < -0.3 is 11.1 Å². The maximum atomic E-state index is 12.5. The number of benzene rings is 1. The quantitative estimate of drug-likeness (QED) is 0.820. The van der Waals surface area contributed by atoms with Gasteiger partial charge in [0.25, 0.3) is 5.91 Å². The lowest BCUT2D eigenvalue weighted by Gasteiger charge is -2.10. The third-order valence-electron chi connectivity index (χ3n) is 5.20. The molecular weight excluding hydrogens is 260 g/mol. The number of hydrogen-bond acceptors (Lipinski definition) is 2. The Morgan fingerprint density at radius 3 is 2.43 bits per heavy atom. The molecule has 21 heavy (non-hydrogen) atoms. The molecule has 112 valence electrons. The van der Waals surface area contributed by atoms with Crippen molar-refractivity contribution >= 4 is 5.91 Å². The molecule has 1 aromatic carbocycles. The molecule has 1 amide bonds. The van der Waals surface area contributed by atoms with Crippen LogP contribution in [0.5, 0.6) is 0 Å². The Kier molecular flexibility index (Phi) is 3.86. The van der Waals surface area contributed by atoms with Gasteiger partial charge >= 0.3 is 0 Å². The molecule has 0 saturated heterocycles. The summed E-state index contributed by atoms with van der Waals surface area (Å²) >= 11 is 0. The summed E-state index contributed by atoms with van der Waals surface area (Å²) in [5.74, 6) is 5.83. The summed E-state index contributed by atoms with van der Waals surface area (Å²) < 4.78 is 0. The fourth-order valence-corrected chi connectivity index (χ4v) is 2.93. The molecule has 0 bridgehead atoms. The SMILES string of the molecule is Cc1c(C#CCN)cccc1C(=O)NC1C(C)(C)C1(C)C. The molecule has 0 aliphatic heterocycles. The third-order valence-corrected chi connectivity index (χ3v) is 5.20. The Bertz CT molecular complexity index is 618. The van der Waals surface area contributed by atoms with Gasteiger partial charge in [0.1, 0.15) is 0 Å². The van der Waals surface area contributed by atoms with E-state index in [0.717, 1.165) is 11.1 Å². The fraction of sp³-hybridized carbons (Fsp3) is 0.500. The standard InChI is InChI=1S/C18H24N2O/c1-12-13(9-7-11-19)8-6-10-14(12)15(21)20-16-17(2,3)18(16,4)5/h6,8,10,16H,11,19H2,1-5H3,(H,20,21). The van der Waals surface area contributed by atoms with Gasteiger partial charge in [-0.15, -0.1) is 0 Å². The van der Waals surface area contributed by atoms with Gasteiger partial charge in [0, 0.05) is 17.2 Å². The van der Waals surface area contributed by atoms with E-state index in [4.69, 9.17) is 5.73 Å². The van der Waals surface area contributed by atoms with Crippen LogP contribution >= 0.6 is 0 Å². The minimum absolute atomic E-state index is 0.0208. The summed E-state index contributed by atoms with van der Waals surface area (Å²) in [5, 5.41) is 3.16. The van der Waals surface area contributed by atoms with Crippen LogP contribution in [0.2, 0.25) is 0 Å². The zero-order valence-corrected chi connectivity index (χ0v) is 13.5. The normalized spacial score (nSPS) is 18.6. The molecule has 0 unspecified atom stereocenters. The number of amides is 1. The minimum atomic E-state index is -0.0208. The van der Waals surface area contributed by atoms with Crippen LogP contribution in [0.1, 0.15) is 49.2 Å². The Hall–Kier alpha value is -1.79. The van der Waals surface area contributed by atoms with Crippen LogP contribution in [0.3, 0.4) is 0 Å². The highest BCUT2D eigenvalue weighted by molar-refractivity contribution is 5.96. The molecule has 3 nitrogen and oxygen atoms in total. The summed E-state index contributed by atoms with van der Waals surface area (Å²) in [7, 11) is 0. The molecule has 2 rings (SSSR count). The van der Waals surface area contributed by atoms with Crippen molar-refractivity contribution < 1.29 is 4.79 Å². The minimum Gasteiger partial charge on any atom is -0.348 e. The van der Waals surface area contributed by atoms with Crippen molar-refractivity contribution in [3.05, 3.63) is 34.9 Å². The van der Waals surface area contributed by atoms with Crippen LogP contribution in [-0.2, 0) is 0 Å². The molecule has 0 spiro atoms. The van der Waals surface area contributed by atoms with Crippen LogP contribution in [0, 0.1) is 29.6 Å². The van der Waals surface area contributed by atoms with E-state index in [0.29, 0.717) is 12.1 Å². The Morgan fingerprint density at radius 2 is 1.90 bits per heavy atom. The lowest BCUT2D eigenvalue weighted by atomic mass is 10.0. The molecule has 0 atom stereocenters. The van der Waals surface area contributed by atoms with Crippen molar-refractivity contribution in [1.29, 1.82) is 0 Å². The van der Waals surface area contributed by atoms with Gasteiger partial charge in [-0.25, -0.2) is 0 Å². The number of hydrogen-bond donors (Lipinski definition) is 2. The molecule has 1 fully saturated rings. The second-order valence-electron chi connectivity index (χ2n) is 6.83. The number of carbonyl (C=O) groups is 1. The Balaban J connectivity index is 2.22. The zero-order valence-electron chi connectivity index (χ0n) is 13.5. The average molecular weight is 284 g/mol. The smallest absolute Gasteiger partial charge is 0.251 e. The van der Waals surface area contributed by atoms with Gasteiger partial charge in [0.05, 0.1) is 6.54 Å². The highest BCUT2D eigenvalue weighted by Gasteiger charge is 2.65. The number of carbonyl (C=O) groups excluding carboxylic acids is 1. The second-order valence-corrected chi connectivity index (χ2v) is 6.83. The topological polar surface area (TPSA) is 55.1 Å². The van der Waals surface area contributed by atoms with Gasteiger partial charge in [-0.1, -0.05) is 45.6 Å². The van der Waals surface area contributed by atoms with E-state index in [1.54, 1.807) is 0 Å². The van der Waals surface area contributed by atoms with Crippen molar-refractivity contribution in [1.82, 2.24) is 5.32 Å². The molecule has 0 radical (unpaired) electrons. The van der Waals surface area contributed by atoms with Crippen LogP contribution in [0.25, 0.3) is 0 Å². The van der Waals surface area contributed by atoms with Gasteiger partial charge in [-0.3, -0.25) is 4.79 Å². The van der Waals surface area contributed by atoms with Crippen LogP contribution in [0.15, 0.2) is 18.2 Å². The first-order valence-electron chi connectivity index (χ1n) is 7.33. The average Bonchev–Trinajstić information content (AvgIpc) is 2.80. The van der Waals surface area contributed by atoms with Crippen molar-refractivity contribution in [2.24, 2.45) is 16.6 Å². The third kappa shape index (κ3) is 2.56. The molecule has 1 aromatic rings. The maximum Gasteiger partial charge on any atom is 0.251 e.